The van der Waals surface area contributed by atoms with Crippen LogP contribution in [0.3, 0.4) is 0 Å². The Morgan fingerprint density at radius 2 is 2.08 bits per heavy atom. The fourth-order valence-electron chi connectivity index (χ4n) is 3.07. The van der Waals surface area contributed by atoms with E-state index in [1.54, 1.807) is 12.1 Å². The number of hydrogen-bond donors (Lipinski definition) is 3. The van der Waals surface area contributed by atoms with Crippen LogP contribution in [0.15, 0.2) is 47.5 Å². The molecule has 1 aliphatic rings. The van der Waals surface area contributed by atoms with Crippen molar-refractivity contribution in [1.82, 2.24) is 5.32 Å². The number of guanidine groups is 1. The molecule has 2 aromatic rings. The largest absolute Gasteiger partial charge is 0.370 e. The Labute approximate surface area is 162 Å². The van der Waals surface area contributed by atoms with E-state index in [-0.39, 0.29) is 17.9 Å². The van der Waals surface area contributed by atoms with Crippen molar-refractivity contribution in [3.05, 3.63) is 63.6 Å². The van der Waals surface area contributed by atoms with Crippen molar-refractivity contribution >= 4 is 40.8 Å². The van der Waals surface area contributed by atoms with Gasteiger partial charge in [-0.1, -0.05) is 47.5 Å². The first kappa shape index (κ1) is 18.5. The highest BCUT2D eigenvalue weighted by atomic mass is 35.5. The molecule has 7 heteroatoms. The maximum Gasteiger partial charge on any atom is 0.232 e. The van der Waals surface area contributed by atoms with Gasteiger partial charge in [-0.2, -0.15) is 0 Å². The molecule has 2 atom stereocenters. The summed E-state index contributed by atoms with van der Waals surface area (Å²) in [6.07, 6.45) is 0.599. The number of carbonyl (C=O) groups is 1. The van der Waals surface area contributed by atoms with E-state index in [0.717, 1.165) is 16.8 Å². The molecule has 2 unspecified atom stereocenters. The molecule has 0 radical (unpaired) electrons. The molecule has 26 heavy (non-hydrogen) atoms. The molecule has 0 aliphatic carbocycles. The van der Waals surface area contributed by atoms with Gasteiger partial charge in [0, 0.05) is 22.3 Å². The van der Waals surface area contributed by atoms with Crippen LogP contribution < -0.4 is 16.4 Å². The highest BCUT2D eigenvalue weighted by molar-refractivity contribution is 6.35. The van der Waals surface area contributed by atoms with Gasteiger partial charge in [0.05, 0.1) is 12.0 Å². The number of aliphatic imine (C=N–C) groups is 1. The Morgan fingerprint density at radius 1 is 1.31 bits per heavy atom. The Bertz CT molecular complexity index is 853. The molecule has 0 aromatic heterocycles. The molecule has 1 heterocycles. The van der Waals surface area contributed by atoms with Gasteiger partial charge >= 0.3 is 0 Å². The minimum atomic E-state index is -0.189. The fourth-order valence-corrected chi connectivity index (χ4v) is 3.65. The predicted molar refractivity (Wildman–Crippen MR) is 107 cm³/mol. The first-order valence-electron chi connectivity index (χ1n) is 8.37. The summed E-state index contributed by atoms with van der Waals surface area (Å²) in [5.74, 6) is 0.135. The molecule has 0 spiro atoms. The van der Waals surface area contributed by atoms with E-state index in [1.165, 1.54) is 0 Å². The van der Waals surface area contributed by atoms with Gasteiger partial charge in [0.25, 0.3) is 0 Å². The van der Waals surface area contributed by atoms with Gasteiger partial charge in [0.1, 0.15) is 0 Å². The quantitative estimate of drug-likeness (QED) is 0.531. The smallest absolute Gasteiger partial charge is 0.232 e. The van der Waals surface area contributed by atoms with Gasteiger partial charge in [-0.15, -0.1) is 0 Å². The third-order valence-corrected chi connectivity index (χ3v) is 4.97. The van der Waals surface area contributed by atoms with Gasteiger partial charge in [-0.25, -0.2) is 0 Å². The molecular formula is C19H20Cl2N4O. The number of nitrogens with two attached hydrogens (primary N) is 1. The van der Waals surface area contributed by atoms with Gasteiger partial charge in [-0.3, -0.25) is 9.79 Å². The second-order valence-corrected chi connectivity index (χ2v) is 7.06. The number of amides is 1. The van der Waals surface area contributed by atoms with Crippen molar-refractivity contribution in [1.29, 1.82) is 0 Å². The molecule has 0 fully saturated rings. The van der Waals surface area contributed by atoms with Gasteiger partial charge in [0.15, 0.2) is 5.96 Å². The van der Waals surface area contributed by atoms with Crippen LogP contribution in [0.5, 0.6) is 0 Å². The molecule has 5 nitrogen and oxygen atoms in total. The lowest BCUT2D eigenvalue weighted by atomic mass is 9.97. The van der Waals surface area contributed by atoms with Crippen molar-refractivity contribution in [3.8, 4) is 0 Å². The molecule has 136 valence electrons. The number of rotatable bonds is 5. The van der Waals surface area contributed by atoms with Crippen molar-refractivity contribution in [2.75, 3.05) is 11.9 Å². The zero-order valence-corrected chi connectivity index (χ0v) is 15.8. The number of hydrogen-bond acceptors (Lipinski definition) is 2. The second-order valence-electron chi connectivity index (χ2n) is 6.22. The van der Waals surface area contributed by atoms with Crippen molar-refractivity contribution in [3.63, 3.8) is 0 Å². The summed E-state index contributed by atoms with van der Waals surface area (Å²) in [5, 5.41) is 7.16. The molecule has 4 N–H and O–H groups in total. The molecular weight excluding hydrogens is 371 g/mol. The maximum absolute atomic E-state index is 12.1. The molecule has 1 amide bonds. The molecule has 2 aromatic carbocycles. The van der Waals surface area contributed by atoms with Gasteiger partial charge < -0.3 is 16.4 Å². The van der Waals surface area contributed by atoms with Crippen molar-refractivity contribution < 1.29 is 4.79 Å². The number of halogens is 2. The molecule has 0 saturated carbocycles. The van der Waals surface area contributed by atoms with E-state index in [1.807, 2.05) is 37.3 Å². The summed E-state index contributed by atoms with van der Waals surface area (Å²) in [6, 6.07) is 12.9. The van der Waals surface area contributed by atoms with Crippen molar-refractivity contribution in [2.45, 2.75) is 25.3 Å². The van der Waals surface area contributed by atoms with Crippen LogP contribution in [-0.2, 0) is 4.79 Å². The SMILES string of the molecule is CC(NC(N)=NCCC1C(=O)Nc2ccccc21)c1ccc(Cl)cc1Cl. The number of carbonyl (C=O) groups excluding carboxylic acids is 1. The number of nitrogens with zero attached hydrogens (tertiary/aromatic N) is 1. The van der Waals surface area contributed by atoms with E-state index in [0.29, 0.717) is 29.0 Å². The fraction of sp³-hybridized carbons (Fsp3) is 0.263. The van der Waals surface area contributed by atoms with E-state index >= 15 is 0 Å². The summed E-state index contributed by atoms with van der Waals surface area (Å²) in [4.78, 5) is 16.4. The summed E-state index contributed by atoms with van der Waals surface area (Å²) in [6.45, 7) is 2.39. The number of para-hydroxylation sites is 1. The minimum Gasteiger partial charge on any atom is -0.370 e. The third kappa shape index (κ3) is 4.11. The molecule has 0 bridgehead atoms. The predicted octanol–water partition coefficient (Wildman–Crippen LogP) is 4.08. The van der Waals surface area contributed by atoms with Crippen LogP contribution in [0.4, 0.5) is 5.69 Å². The Hall–Kier alpha value is -2.24. The highest BCUT2D eigenvalue weighted by Gasteiger charge is 2.29. The standard InChI is InChI=1S/C19H20Cl2N4O/c1-11(13-7-6-12(20)10-16(13)21)24-19(22)23-9-8-15-14-4-2-3-5-17(14)25-18(15)26/h2-7,10-11,15H,8-9H2,1H3,(H,25,26)(H3,22,23,24). The Kier molecular flexibility index (Phi) is 5.69. The topological polar surface area (TPSA) is 79.5 Å². The first-order valence-corrected chi connectivity index (χ1v) is 9.12. The first-order chi connectivity index (χ1) is 12.5. The molecule has 1 aliphatic heterocycles. The zero-order chi connectivity index (χ0) is 18.7. The summed E-state index contributed by atoms with van der Waals surface area (Å²) in [7, 11) is 0. The summed E-state index contributed by atoms with van der Waals surface area (Å²) >= 11 is 12.1. The number of fused-ring (bicyclic) bond motifs is 1. The molecule has 3 rings (SSSR count). The van der Waals surface area contributed by atoms with Gasteiger partial charge in [-0.05, 0) is 42.7 Å². The number of anilines is 1. The van der Waals surface area contributed by atoms with Crippen LogP contribution in [0, 0.1) is 0 Å². The highest BCUT2D eigenvalue weighted by Crippen LogP contribution is 2.34. The maximum atomic E-state index is 12.1. The monoisotopic (exact) mass is 390 g/mol. The number of nitrogens with one attached hydrogen (secondary N) is 2. The summed E-state index contributed by atoms with van der Waals surface area (Å²) in [5.41, 5.74) is 8.76. The van der Waals surface area contributed by atoms with E-state index < -0.39 is 0 Å². The molecule has 0 saturated heterocycles. The third-order valence-electron chi connectivity index (χ3n) is 4.40. The zero-order valence-electron chi connectivity index (χ0n) is 14.3. The van der Waals surface area contributed by atoms with E-state index in [2.05, 4.69) is 15.6 Å². The van der Waals surface area contributed by atoms with Gasteiger partial charge in [0.2, 0.25) is 5.91 Å². The number of benzene rings is 2. The van der Waals surface area contributed by atoms with Crippen LogP contribution in [0.25, 0.3) is 0 Å². The van der Waals surface area contributed by atoms with E-state index in [4.69, 9.17) is 28.9 Å². The lowest BCUT2D eigenvalue weighted by Gasteiger charge is -2.16. The lowest BCUT2D eigenvalue weighted by Crippen LogP contribution is -2.34. The normalized spacial score (nSPS) is 17.6. The Balaban J connectivity index is 1.58. The summed E-state index contributed by atoms with van der Waals surface area (Å²) < 4.78 is 0. The lowest BCUT2D eigenvalue weighted by molar-refractivity contribution is -0.117. The van der Waals surface area contributed by atoms with Crippen LogP contribution >= 0.6 is 23.2 Å². The van der Waals surface area contributed by atoms with Crippen LogP contribution in [0.1, 0.15) is 36.4 Å². The Morgan fingerprint density at radius 3 is 2.85 bits per heavy atom. The average molecular weight is 391 g/mol. The van der Waals surface area contributed by atoms with Crippen LogP contribution in [0.2, 0.25) is 10.0 Å². The minimum absolute atomic E-state index is 0.00856. The van der Waals surface area contributed by atoms with Crippen molar-refractivity contribution in [2.24, 2.45) is 10.7 Å². The second kappa shape index (κ2) is 7.98. The average Bonchev–Trinajstić information content (AvgIpc) is 2.90. The van der Waals surface area contributed by atoms with E-state index in [9.17, 15) is 4.79 Å². The van der Waals surface area contributed by atoms with Crippen LogP contribution in [-0.4, -0.2) is 18.4 Å².